The number of carbonyl (C=O) groups excluding carboxylic acids is 1. The molecule has 7 heteroatoms. The van der Waals surface area contributed by atoms with Gasteiger partial charge in [0, 0.05) is 5.02 Å². The van der Waals surface area contributed by atoms with E-state index in [1.165, 1.54) is 12.1 Å². The molecule has 2 aromatic carbocycles. The van der Waals surface area contributed by atoms with Crippen molar-refractivity contribution in [1.82, 2.24) is 20.3 Å². The van der Waals surface area contributed by atoms with Crippen molar-refractivity contribution in [3.8, 4) is 5.69 Å². The maximum absolute atomic E-state index is 13.0. The fourth-order valence-electron chi connectivity index (χ4n) is 2.47. The van der Waals surface area contributed by atoms with Crippen LogP contribution < -0.4 is 5.32 Å². The summed E-state index contributed by atoms with van der Waals surface area (Å²) in [5.74, 6) is -0.654. The largest absolute Gasteiger partial charge is 0.344 e. The molecule has 1 heterocycles. The molecule has 0 saturated heterocycles. The van der Waals surface area contributed by atoms with E-state index in [-0.39, 0.29) is 23.5 Å². The Morgan fingerprint density at radius 3 is 2.44 bits per heavy atom. The fourth-order valence-corrected chi connectivity index (χ4v) is 2.59. The first-order valence-corrected chi connectivity index (χ1v) is 8.08. The molecule has 0 unspecified atom stereocenters. The summed E-state index contributed by atoms with van der Waals surface area (Å²) < 4.78 is 14.6. The van der Waals surface area contributed by atoms with Crippen molar-refractivity contribution in [3.63, 3.8) is 0 Å². The molecule has 1 atom stereocenters. The Labute approximate surface area is 149 Å². The Bertz CT molecular complexity index is 890. The molecule has 128 valence electrons. The Morgan fingerprint density at radius 1 is 1.16 bits per heavy atom. The number of nitrogens with one attached hydrogen (secondary N) is 1. The molecule has 0 saturated carbocycles. The Balaban J connectivity index is 1.79. The summed E-state index contributed by atoms with van der Waals surface area (Å²) in [6.07, 6.45) is 0. The van der Waals surface area contributed by atoms with E-state index in [4.69, 9.17) is 11.6 Å². The lowest BCUT2D eigenvalue weighted by atomic mass is 10.1. The summed E-state index contributed by atoms with van der Waals surface area (Å²) in [5, 5.41) is 11.5. The molecule has 0 radical (unpaired) electrons. The van der Waals surface area contributed by atoms with E-state index in [9.17, 15) is 9.18 Å². The minimum Gasteiger partial charge on any atom is -0.344 e. The van der Waals surface area contributed by atoms with Crippen LogP contribution in [0.1, 0.15) is 34.7 Å². The van der Waals surface area contributed by atoms with Crippen molar-refractivity contribution >= 4 is 17.5 Å². The van der Waals surface area contributed by atoms with Gasteiger partial charge in [-0.05, 0) is 55.8 Å². The number of halogens is 2. The molecule has 1 aromatic heterocycles. The molecule has 3 aromatic rings. The van der Waals surface area contributed by atoms with Crippen LogP contribution in [0.25, 0.3) is 5.69 Å². The summed E-state index contributed by atoms with van der Waals surface area (Å²) in [6, 6.07) is 12.8. The quantitative estimate of drug-likeness (QED) is 0.770. The zero-order valence-electron chi connectivity index (χ0n) is 13.7. The first kappa shape index (κ1) is 17.1. The van der Waals surface area contributed by atoms with Crippen molar-refractivity contribution in [1.29, 1.82) is 0 Å². The van der Waals surface area contributed by atoms with Crippen LogP contribution in [-0.4, -0.2) is 20.9 Å². The monoisotopic (exact) mass is 358 g/mol. The number of hydrogen-bond acceptors (Lipinski definition) is 3. The van der Waals surface area contributed by atoms with E-state index in [2.05, 4.69) is 15.6 Å². The van der Waals surface area contributed by atoms with Crippen LogP contribution in [0.4, 0.5) is 4.39 Å². The average molecular weight is 359 g/mol. The van der Waals surface area contributed by atoms with E-state index in [1.807, 2.05) is 6.92 Å². The topological polar surface area (TPSA) is 59.8 Å². The second-order valence-electron chi connectivity index (χ2n) is 5.66. The van der Waals surface area contributed by atoms with Gasteiger partial charge in [-0.1, -0.05) is 28.9 Å². The SMILES string of the molecule is Cc1c(C(=O)N[C@H](C)c2ccc(F)cc2)nnn1-c1ccc(Cl)cc1. The second kappa shape index (κ2) is 7.03. The lowest BCUT2D eigenvalue weighted by Gasteiger charge is -2.13. The summed E-state index contributed by atoms with van der Waals surface area (Å²) in [7, 11) is 0. The normalized spacial score (nSPS) is 12.0. The van der Waals surface area contributed by atoms with Crippen molar-refractivity contribution in [2.45, 2.75) is 19.9 Å². The number of benzene rings is 2. The molecule has 0 aliphatic rings. The summed E-state index contributed by atoms with van der Waals surface area (Å²) in [4.78, 5) is 12.5. The third-order valence-corrected chi connectivity index (χ3v) is 4.15. The molecule has 0 aliphatic carbocycles. The Kier molecular flexibility index (Phi) is 4.81. The third-order valence-electron chi connectivity index (χ3n) is 3.90. The fraction of sp³-hybridized carbons (Fsp3) is 0.167. The van der Waals surface area contributed by atoms with Crippen molar-refractivity contribution in [2.75, 3.05) is 0 Å². The molecule has 0 spiro atoms. The molecule has 0 bridgehead atoms. The minimum absolute atomic E-state index is 0.240. The van der Waals surface area contributed by atoms with Gasteiger partial charge in [0.2, 0.25) is 0 Å². The zero-order chi connectivity index (χ0) is 18.0. The van der Waals surface area contributed by atoms with E-state index >= 15 is 0 Å². The van der Waals surface area contributed by atoms with Crippen LogP contribution in [0.3, 0.4) is 0 Å². The van der Waals surface area contributed by atoms with Gasteiger partial charge < -0.3 is 5.32 Å². The van der Waals surface area contributed by atoms with Gasteiger partial charge in [0.05, 0.1) is 17.4 Å². The van der Waals surface area contributed by atoms with Gasteiger partial charge in [0.25, 0.3) is 5.91 Å². The van der Waals surface area contributed by atoms with Gasteiger partial charge in [0.1, 0.15) is 5.82 Å². The van der Waals surface area contributed by atoms with E-state index in [1.54, 1.807) is 48.0 Å². The zero-order valence-corrected chi connectivity index (χ0v) is 14.5. The van der Waals surface area contributed by atoms with Gasteiger partial charge in [0.15, 0.2) is 5.69 Å². The van der Waals surface area contributed by atoms with E-state index in [0.717, 1.165) is 11.3 Å². The number of hydrogen-bond donors (Lipinski definition) is 1. The van der Waals surface area contributed by atoms with Crippen molar-refractivity contribution in [3.05, 3.63) is 76.3 Å². The lowest BCUT2D eigenvalue weighted by molar-refractivity contribution is 0.0934. The molecule has 0 fully saturated rings. The first-order chi connectivity index (χ1) is 12.0. The number of carbonyl (C=O) groups is 1. The molecule has 0 aliphatic heterocycles. The molecular weight excluding hydrogens is 343 g/mol. The summed E-state index contributed by atoms with van der Waals surface area (Å²) in [5.41, 5.74) is 2.42. The third kappa shape index (κ3) is 3.69. The molecule has 1 amide bonds. The molecule has 1 N–H and O–H groups in total. The molecule has 25 heavy (non-hydrogen) atoms. The number of amides is 1. The Morgan fingerprint density at radius 2 is 1.80 bits per heavy atom. The lowest BCUT2D eigenvalue weighted by Crippen LogP contribution is -2.27. The molecular formula is C18H16ClFN4O. The van der Waals surface area contributed by atoms with Gasteiger partial charge >= 0.3 is 0 Å². The molecule has 3 rings (SSSR count). The highest BCUT2D eigenvalue weighted by Gasteiger charge is 2.19. The van der Waals surface area contributed by atoms with Gasteiger partial charge in [-0.15, -0.1) is 5.10 Å². The Hall–Kier alpha value is -2.73. The van der Waals surface area contributed by atoms with Gasteiger partial charge in [-0.2, -0.15) is 0 Å². The minimum atomic E-state index is -0.338. The van der Waals surface area contributed by atoms with Crippen molar-refractivity contribution in [2.24, 2.45) is 0 Å². The number of aromatic nitrogens is 3. The van der Waals surface area contributed by atoms with Crippen LogP contribution in [0.2, 0.25) is 5.02 Å². The predicted octanol–water partition coefficient (Wildman–Crippen LogP) is 3.86. The number of nitrogens with zero attached hydrogens (tertiary/aromatic N) is 3. The van der Waals surface area contributed by atoms with Crippen LogP contribution in [-0.2, 0) is 0 Å². The predicted molar refractivity (Wildman–Crippen MR) is 93.4 cm³/mol. The van der Waals surface area contributed by atoms with Gasteiger partial charge in [-0.25, -0.2) is 9.07 Å². The maximum Gasteiger partial charge on any atom is 0.274 e. The summed E-state index contributed by atoms with van der Waals surface area (Å²) >= 11 is 5.89. The van der Waals surface area contributed by atoms with Gasteiger partial charge in [-0.3, -0.25) is 4.79 Å². The van der Waals surface area contributed by atoms with Crippen LogP contribution >= 0.6 is 11.6 Å². The molecule has 5 nitrogen and oxygen atoms in total. The second-order valence-corrected chi connectivity index (χ2v) is 6.09. The number of rotatable bonds is 4. The van der Waals surface area contributed by atoms with E-state index < -0.39 is 0 Å². The van der Waals surface area contributed by atoms with E-state index in [0.29, 0.717) is 10.7 Å². The highest BCUT2D eigenvalue weighted by molar-refractivity contribution is 6.30. The van der Waals surface area contributed by atoms with Crippen molar-refractivity contribution < 1.29 is 9.18 Å². The first-order valence-electron chi connectivity index (χ1n) is 7.70. The standard InChI is InChI=1S/C18H16ClFN4O/c1-11(13-3-7-15(20)8-4-13)21-18(25)17-12(2)24(23-22-17)16-9-5-14(19)6-10-16/h3-11H,1-2H3,(H,21,25)/t11-/m1/s1. The maximum atomic E-state index is 13.0. The smallest absolute Gasteiger partial charge is 0.274 e. The highest BCUT2D eigenvalue weighted by Crippen LogP contribution is 2.17. The van der Waals surface area contributed by atoms with Crippen LogP contribution in [0.15, 0.2) is 48.5 Å². The van der Waals surface area contributed by atoms with Crippen LogP contribution in [0, 0.1) is 12.7 Å². The van der Waals surface area contributed by atoms with Crippen LogP contribution in [0.5, 0.6) is 0 Å². The summed E-state index contributed by atoms with van der Waals surface area (Å²) in [6.45, 7) is 3.59. The highest BCUT2D eigenvalue weighted by atomic mass is 35.5. The average Bonchev–Trinajstić information content (AvgIpc) is 2.98.